The zero-order chi connectivity index (χ0) is 12.0. The molecule has 1 aromatic rings. The van der Waals surface area contributed by atoms with E-state index in [0.717, 1.165) is 6.54 Å². The summed E-state index contributed by atoms with van der Waals surface area (Å²) in [6.45, 7) is 5.44. The van der Waals surface area contributed by atoms with Crippen LogP contribution >= 0.6 is 11.6 Å². The van der Waals surface area contributed by atoms with Gasteiger partial charge in [0.1, 0.15) is 0 Å². The van der Waals surface area contributed by atoms with Crippen molar-refractivity contribution < 1.29 is 4.79 Å². The quantitative estimate of drug-likeness (QED) is 0.768. The van der Waals surface area contributed by atoms with Crippen molar-refractivity contribution in [1.82, 2.24) is 15.6 Å². The summed E-state index contributed by atoms with van der Waals surface area (Å²) in [5.41, 5.74) is 0.459. The third-order valence-electron chi connectivity index (χ3n) is 1.98. The maximum Gasteiger partial charge on any atom is 0.252 e. The van der Waals surface area contributed by atoms with Crippen molar-refractivity contribution in [2.24, 2.45) is 0 Å². The Bertz CT molecular complexity index is 355. The molecule has 16 heavy (non-hydrogen) atoms. The second-order valence-electron chi connectivity index (χ2n) is 3.72. The number of nitrogens with one attached hydrogen (secondary N) is 2. The van der Waals surface area contributed by atoms with Crippen LogP contribution in [0.3, 0.4) is 0 Å². The van der Waals surface area contributed by atoms with Crippen LogP contribution in [0.25, 0.3) is 0 Å². The molecule has 1 rings (SSSR count). The lowest BCUT2D eigenvalue weighted by Crippen LogP contribution is -2.34. The van der Waals surface area contributed by atoms with Crippen LogP contribution in [-0.4, -0.2) is 30.0 Å². The van der Waals surface area contributed by atoms with Gasteiger partial charge >= 0.3 is 0 Å². The number of carbonyl (C=O) groups excluding carboxylic acids is 1. The molecule has 88 valence electrons. The molecule has 0 saturated heterocycles. The highest BCUT2D eigenvalue weighted by Gasteiger charge is 2.08. The van der Waals surface area contributed by atoms with Gasteiger partial charge in [0.2, 0.25) is 0 Å². The topological polar surface area (TPSA) is 54.0 Å². The summed E-state index contributed by atoms with van der Waals surface area (Å²) >= 11 is 5.84. The van der Waals surface area contributed by atoms with E-state index in [1.54, 1.807) is 12.3 Å². The van der Waals surface area contributed by atoms with Crippen molar-refractivity contribution in [3.05, 3.63) is 29.0 Å². The molecular formula is C11H16ClN3O. The van der Waals surface area contributed by atoms with E-state index in [-0.39, 0.29) is 5.91 Å². The fourth-order valence-electron chi connectivity index (χ4n) is 1.19. The Balaban J connectivity index is 2.39. The molecule has 2 N–H and O–H groups in total. The summed E-state index contributed by atoms with van der Waals surface area (Å²) in [6, 6.07) is 2.02. The first-order valence-corrected chi connectivity index (χ1v) is 5.60. The van der Waals surface area contributed by atoms with E-state index in [0.29, 0.717) is 23.2 Å². The Morgan fingerprint density at radius 2 is 2.25 bits per heavy atom. The zero-order valence-corrected chi connectivity index (χ0v) is 10.2. The van der Waals surface area contributed by atoms with Gasteiger partial charge in [-0.15, -0.1) is 0 Å². The molecule has 0 radical (unpaired) electrons. The molecule has 0 aliphatic carbocycles. The molecule has 0 atom stereocenters. The van der Waals surface area contributed by atoms with Crippen molar-refractivity contribution in [2.75, 3.05) is 13.1 Å². The molecule has 4 nitrogen and oxygen atoms in total. The first kappa shape index (κ1) is 12.9. The molecule has 0 aliphatic rings. The van der Waals surface area contributed by atoms with Gasteiger partial charge < -0.3 is 10.6 Å². The number of carbonyl (C=O) groups is 1. The van der Waals surface area contributed by atoms with Gasteiger partial charge in [-0.25, -0.2) is 0 Å². The molecule has 0 spiro atoms. The van der Waals surface area contributed by atoms with Crippen molar-refractivity contribution in [2.45, 2.75) is 19.9 Å². The fourth-order valence-corrected chi connectivity index (χ4v) is 1.40. The van der Waals surface area contributed by atoms with Crippen molar-refractivity contribution in [1.29, 1.82) is 0 Å². The Hall–Kier alpha value is -1.13. The molecule has 0 aliphatic heterocycles. The standard InChI is InChI=1S/C11H16ClN3O/c1-8(2)14-5-6-15-11(16)9-3-4-13-7-10(9)12/h3-4,7-8,14H,5-6H2,1-2H3,(H,15,16). The number of rotatable bonds is 5. The molecule has 0 bridgehead atoms. The van der Waals surface area contributed by atoms with Crippen LogP contribution in [0.1, 0.15) is 24.2 Å². The minimum atomic E-state index is -0.169. The van der Waals surface area contributed by atoms with Gasteiger partial charge in [-0.1, -0.05) is 25.4 Å². The van der Waals surface area contributed by atoms with E-state index >= 15 is 0 Å². The zero-order valence-electron chi connectivity index (χ0n) is 9.46. The number of aromatic nitrogens is 1. The SMILES string of the molecule is CC(C)NCCNC(=O)c1ccncc1Cl. The van der Waals surface area contributed by atoms with Crippen LogP contribution in [0.5, 0.6) is 0 Å². The molecule has 0 fully saturated rings. The summed E-state index contributed by atoms with van der Waals surface area (Å²) in [5, 5.41) is 6.36. The van der Waals surface area contributed by atoms with E-state index < -0.39 is 0 Å². The van der Waals surface area contributed by atoms with E-state index in [9.17, 15) is 4.79 Å². The lowest BCUT2D eigenvalue weighted by atomic mass is 10.2. The smallest absolute Gasteiger partial charge is 0.252 e. The Labute approximate surface area is 100 Å². The maximum absolute atomic E-state index is 11.7. The number of amides is 1. The summed E-state index contributed by atoms with van der Waals surface area (Å²) in [4.78, 5) is 15.5. The molecule has 1 amide bonds. The van der Waals surface area contributed by atoms with Crippen molar-refractivity contribution in [3.63, 3.8) is 0 Å². The summed E-state index contributed by atoms with van der Waals surface area (Å²) in [6.07, 6.45) is 3.01. The predicted molar refractivity (Wildman–Crippen MR) is 64.7 cm³/mol. The first-order valence-electron chi connectivity index (χ1n) is 5.22. The molecule has 0 saturated carbocycles. The molecular weight excluding hydrogens is 226 g/mol. The largest absolute Gasteiger partial charge is 0.351 e. The number of hydrogen-bond donors (Lipinski definition) is 2. The molecule has 1 heterocycles. The van der Waals surface area contributed by atoms with E-state index in [1.165, 1.54) is 6.20 Å². The highest BCUT2D eigenvalue weighted by Crippen LogP contribution is 2.12. The average molecular weight is 242 g/mol. The van der Waals surface area contributed by atoms with Gasteiger partial charge in [0, 0.05) is 31.5 Å². The normalized spacial score (nSPS) is 10.5. The average Bonchev–Trinajstić information content (AvgIpc) is 2.24. The van der Waals surface area contributed by atoms with Crippen LogP contribution in [0.4, 0.5) is 0 Å². The van der Waals surface area contributed by atoms with Crippen LogP contribution in [0.2, 0.25) is 5.02 Å². The third kappa shape index (κ3) is 4.16. The molecule has 5 heteroatoms. The highest BCUT2D eigenvalue weighted by atomic mass is 35.5. The second kappa shape index (κ2) is 6.45. The summed E-state index contributed by atoms with van der Waals surface area (Å²) < 4.78 is 0. The number of hydrogen-bond acceptors (Lipinski definition) is 3. The monoisotopic (exact) mass is 241 g/mol. The van der Waals surface area contributed by atoms with Gasteiger partial charge in [-0.05, 0) is 6.07 Å². The highest BCUT2D eigenvalue weighted by molar-refractivity contribution is 6.33. The van der Waals surface area contributed by atoms with E-state index in [2.05, 4.69) is 29.5 Å². The van der Waals surface area contributed by atoms with Crippen LogP contribution in [-0.2, 0) is 0 Å². The van der Waals surface area contributed by atoms with Gasteiger partial charge in [0.15, 0.2) is 0 Å². The molecule has 1 aromatic heterocycles. The third-order valence-corrected chi connectivity index (χ3v) is 2.28. The summed E-state index contributed by atoms with van der Waals surface area (Å²) in [7, 11) is 0. The maximum atomic E-state index is 11.7. The minimum Gasteiger partial charge on any atom is -0.351 e. The van der Waals surface area contributed by atoms with Crippen LogP contribution < -0.4 is 10.6 Å². The molecule has 0 unspecified atom stereocenters. The summed E-state index contributed by atoms with van der Waals surface area (Å²) in [5.74, 6) is -0.169. The second-order valence-corrected chi connectivity index (χ2v) is 4.13. The number of pyridine rings is 1. The lowest BCUT2D eigenvalue weighted by molar-refractivity contribution is 0.0953. The molecule has 0 aromatic carbocycles. The number of halogens is 1. The fraction of sp³-hybridized carbons (Fsp3) is 0.455. The van der Waals surface area contributed by atoms with Crippen LogP contribution in [0, 0.1) is 0 Å². The van der Waals surface area contributed by atoms with Crippen molar-refractivity contribution >= 4 is 17.5 Å². The first-order chi connectivity index (χ1) is 7.61. The Kier molecular flexibility index (Phi) is 5.22. The lowest BCUT2D eigenvalue weighted by Gasteiger charge is -2.09. The van der Waals surface area contributed by atoms with Gasteiger partial charge in [-0.2, -0.15) is 0 Å². The Morgan fingerprint density at radius 1 is 1.50 bits per heavy atom. The minimum absolute atomic E-state index is 0.169. The predicted octanol–water partition coefficient (Wildman–Crippen LogP) is 1.46. The van der Waals surface area contributed by atoms with Crippen molar-refractivity contribution in [3.8, 4) is 0 Å². The Morgan fingerprint density at radius 3 is 2.88 bits per heavy atom. The number of nitrogens with zero attached hydrogens (tertiary/aromatic N) is 1. The van der Waals surface area contributed by atoms with E-state index in [1.807, 2.05) is 0 Å². The van der Waals surface area contributed by atoms with Crippen LogP contribution in [0.15, 0.2) is 18.5 Å². The van der Waals surface area contributed by atoms with E-state index in [4.69, 9.17) is 11.6 Å². The van der Waals surface area contributed by atoms with Gasteiger partial charge in [0.25, 0.3) is 5.91 Å². The van der Waals surface area contributed by atoms with Gasteiger partial charge in [0.05, 0.1) is 10.6 Å². The van der Waals surface area contributed by atoms with Gasteiger partial charge in [-0.3, -0.25) is 9.78 Å².